The van der Waals surface area contributed by atoms with Gasteiger partial charge in [-0.15, -0.1) is 0 Å². The van der Waals surface area contributed by atoms with Crippen molar-refractivity contribution in [2.45, 2.75) is 58.1 Å². The second-order valence-electron chi connectivity index (χ2n) is 9.78. The fourth-order valence-electron chi connectivity index (χ4n) is 5.18. The lowest BCUT2D eigenvalue weighted by atomic mass is 9.97. The number of nitrogens with one attached hydrogen (secondary N) is 2. The average Bonchev–Trinajstić information content (AvgIpc) is 3.52. The fraction of sp³-hybridized carbons (Fsp3) is 0.500. The first-order valence-corrected chi connectivity index (χ1v) is 12.8. The van der Waals surface area contributed by atoms with Gasteiger partial charge in [0.1, 0.15) is 6.10 Å². The maximum absolute atomic E-state index is 12.6. The first-order chi connectivity index (χ1) is 17.7. The van der Waals surface area contributed by atoms with Gasteiger partial charge in [-0.3, -0.25) is 14.6 Å². The van der Waals surface area contributed by atoms with E-state index in [0.29, 0.717) is 29.6 Å². The number of aromatic nitrogens is 7. The van der Waals surface area contributed by atoms with Crippen molar-refractivity contribution in [3.05, 3.63) is 46.3 Å². The summed E-state index contributed by atoms with van der Waals surface area (Å²) >= 11 is 0. The predicted molar refractivity (Wildman–Crippen MR) is 134 cm³/mol. The molecule has 10 nitrogen and oxygen atoms in total. The molecule has 2 fully saturated rings. The monoisotopic (exact) mass is 489 g/mol. The first-order valence-electron chi connectivity index (χ1n) is 12.8. The largest absolute Gasteiger partial charge is 0.381 e. The Bertz CT molecular complexity index is 1410. The number of rotatable bonds is 6. The van der Waals surface area contributed by atoms with Crippen LogP contribution in [-0.2, 0) is 16.0 Å². The Labute approximate surface area is 208 Å². The molecule has 0 spiro atoms. The zero-order chi connectivity index (χ0) is 24.5. The van der Waals surface area contributed by atoms with Crippen LogP contribution in [0.1, 0.15) is 56.0 Å². The fourth-order valence-corrected chi connectivity index (χ4v) is 5.18. The standard InChI is InChI=1S/C26H31N7O3/c1-16-14-18(5-6-19(16)22-29-23(32-31-22)21-4-2-3-11-36-21)20-15-27-24-25(28-20)33(26(34)30-24)10-7-17-8-12-35-13-9-17/h5-6,14-15,17,21H,2-4,7-13H2,1H3,(H,27,30,34)(H,29,31,32). The summed E-state index contributed by atoms with van der Waals surface area (Å²) in [5.41, 5.74) is 4.60. The Balaban J connectivity index is 1.25. The van der Waals surface area contributed by atoms with Crippen molar-refractivity contribution in [3.8, 4) is 22.6 Å². The highest BCUT2D eigenvalue weighted by atomic mass is 16.5. The average molecular weight is 490 g/mol. The summed E-state index contributed by atoms with van der Waals surface area (Å²) in [5.74, 6) is 2.02. The molecule has 5 heterocycles. The molecule has 1 aromatic carbocycles. The number of fused-ring (bicyclic) bond motifs is 1. The lowest BCUT2D eigenvalue weighted by molar-refractivity contribution is 0.00969. The number of H-pyrrole nitrogens is 2. The number of aryl methyl sites for hydroxylation is 2. The number of ether oxygens (including phenoxy) is 2. The summed E-state index contributed by atoms with van der Waals surface area (Å²) in [4.78, 5) is 29.5. The van der Waals surface area contributed by atoms with Crippen LogP contribution in [0, 0.1) is 12.8 Å². The van der Waals surface area contributed by atoms with Gasteiger partial charge in [0, 0.05) is 37.5 Å². The van der Waals surface area contributed by atoms with Crippen LogP contribution in [-0.4, -0.2) is 54.5 Å². The van der Waals surface area contributed by atoms with Gasteiger partial charge in [-0.25, -0.2) is 19.7 Å². The second-order valence-corrected chi connectivity index (χ2v) is 9.78. The number of benzene rings is 1. The van der Waals surface area contributed by atoms with Crippen LogP contribution >= 0.6 is 0 Å². The van der Waals surface area contributed by atoms with Crippen LogP contribution in [0.3, 0.4) is 0 Å². The molecular formula is C26H31N7O3. The van der Waals surface area contributed by atoms with Crippen LogP contribution in [0.2, 0.25) is 0 Å². The SMILES string of the molecule is Cc1cc(-c2cnc3[nH]c(=O)n(CCC4CCOCC4)c3n2)ccc1-c1n[nH]c(C2CCCCO2)n1. The highest BCUT2D eigenvalue weighted by molar-refractivity contribution is 5.73. The van der Waals surface area contributed by atoms with Crippen molar-refractivity contribution in [2.24, 2.45) is 5.92 Å². The summed E-state index contributed by atoms with van der Waals surface area (Å²) in [6, 6.07) is 6.08. The summed E-state index contributed by atoms with van der Waals surface area (Å²) < 4.78 is 13.0. The molecule has 0 radical (unpaired) electrons. The Morgan fingerprint density at radius 3 is 2.81 bits per heavy atom. The highest BCUT2D eigenvalue weighted by Crippen LogP contribution is 2.29. The van der Waals surface area contributed by atoms with Gasteiger partial charge >= 0.3 is 5.69 Å². The molecule has 3 aromatic heterocycles. The van der Waals surface area contributed by atoms with Gasteiger partial charge < -0.3 is 9.47 Å². The number of hydrogen-bond acceptors (Lipinski definition) is 7. The minimum atomic E-state index is -0.164. The van der Waals surface area contributed by atoms with Crippen molar-refractivity contribution in [2.75, 3.05) is 19.8 Å². The van der Waals surface area contributed by atoms with Crippen molar-refractivity contribution >= 4 is 11.3 Å². The molecule has 188 valence electrons. The maximum Gasteiger partial charge on any atom is 0.328 e. The van der Waals surface area contributed by atoms with Crippen LogP contribution in [0.15, 0.2) is 29.2 Å². The Kier molecular flexibility index (Phi) is 6.37. The van der Waals surface area contributed by atoms with E-state index in [0.717, 1.165) is 86.6 Å². The number of aromatic amines is 2. The number of imidazole rings is 1. The van der Waals surface area contributed by atoms with E-state index in [2.05, 4.69) is 26.2 Å². The maximum atomic E-state index is 12.6. The topological polar surface area (TPSA) is 124 Å². The first kappa shape index (κ1) is 23.1. The molecule has 2 aliphatic rings. The summed E-state index contributed by atoms with van der Waals surface area (Å²) in [6.07, 6.45) is 7.92. The highest BCUT2D eigenvalue weighted by Gasteiger charge is 2.21. The van der Waals surface area contributed by atoms with Gasteiger partial charge in [0.05, 0.1) is 11.9 Å². The Hall–Kier alpha value is -3.37. The zero-order valence-corrected chi connectivity index (χ0v) is 20.5. The zero-order valence-electron chi connectivity index (χ0n) is 20.5. The van der Waals surface area contributed by atoms with Crippen molar-refractivity contribution < 1.29 is 9.47 Å². The number of hydrogen-bond donors (Lipinski definition) is 2. The molecule has 1 unspecified atom stereocenters. The lowest BCUT2D eigenvalue weighted by Gasteiger charge is -2.21. The summed E-state index contributed by atoms with van der Waals surface area (Å²) in [6.45, 7) is 5.03. The smallest absolute Gasteiger partial charge is 0.328 e. The van der Waals surface area contributed by atoms with E-state index < -0.39 is 0 Å². The van der Waals surface area contributed by atoms with Gasteiger partial charge in [-0.1, -0.05) is 12.1 Å². The molecular weight excluding hydrogens is 458 g/mol. The van der Waals surface area contributed by atoms with Crippen molar-refractivity contribution in [1.82, 2.24) is 34.7 Å². The van der Waals surface area contributed by atoms with Crippen LogP contribution in [0.4, 0.5) is 0 Å². The van der Waals surface area contributed by atoms with E-state index >= 15 is 0 Å². The molecule has 2 N–H and O–H groups in total. The van der Waals surface area contributed by atoms with Gasteiger partial charge in [-0.2, -0.15) is 5.10 Å². The molecule has 10 heteroatoms. The Morgan fingerprint density at radius 1 is 1.11 bits per heavy atom. The molecule has 0 aliphatic carbocycles. The van der Waals surface area contributed by atoms with E-state index in [1.54, 1.807) is 10.8 Å². The van der Waals surface area contributed by atoms with Crippen LogP contribution < -0.4 is 5.69 Å². The quantitative estimate of drug-likeness (QED) is 0.420. The molecule has 2 aliphatic heterocycles. The second kappa shape index (κ2) is 9.94. The van der Waals surface area contributed by atoms with Gasteiger partial charge in [0.2, 0.25) is 0 Å². The van der Waals surface area contributed by atoms with E-state index in [-0.39, 0.29) is 11.8 Å². The molecule has 4 aromatic rings. The third-order valence-corrected chi connectivity index (χ3v) is 7.33. The molecule has 0 bridgehead atoms. The van der Waals surface area contributed by atoms with Gasteiger partial charge in [0.25, 0.3) is 0 Å². The summed E-state index contributed by atoms with van der Waals surface area (Å²) in [7, 11) is 0. The van der Waals surface area contributed by atoms with Gasteiger partial charge in [-0.05, 0) is 63.0 Å². The number of nitrogens with zero attached hydrogens (tertiary/aromatic N) is 5. The van der Waals surface area contributed by atoms with Crippen molar-refractivity contribution in [1.29, 1.82) is 0 Å². The molecule has 2 saturated heterocycles. The predicted octanol–water partition coefficient (Wildman–Crippen LogP) is 3.94. The minimum absolute atomic E-state index is 0.00743. The molecule has 36 heavy (non-hydrogen) atoms. The molecule has 1 atom stereocenters. The third kappa shape index (κ3) is 4.58. The Morgan fingerprint density at radius 2 is 2.00 bits per heavy atom. The molecule has 0 amide bonds. The van der Waals surface area contributed by atoms with E-state index in [1.807, 2.05) is 19.1 Å². The normalized spacial score (nSPS) is 19.2. The lowest BCUT2D eigenvalue weighted by Crippen LogP contribution is -2.22. The van der Waals surface area contributed by atoms with E-state index in [4.69, 9.17) is 19.4 Å². The van der Waals surface area contributed by atoms with Crippen LogP contribution in [0.25, 0.3) is 33.9 Å². The third-order valence-electron chi connectivity index (χ3n) is 7.33. The van der Waals surface area contributed by atoms with E-state index in [1.165, 1.54) is 0 Å². The molecule has 6 rings (SSSR count). The summed E-state index contributed by atoms with van der Waals surface area (Å²) in [5, 5.41) is 7.51. The van der Waals surface area contributed by atoms with E-state index in [9.17, 15) is 4.79 Å². The minimum Gasteiger partial charge on any atom is -0.381 e. The van der Waals surface area contributed by atoms with Crippen molar-refractivity contribution in [3.63, 3.8) is 0 Å². The molecule has 0 saturated carbocycles. The van der Waals surface area contributed by atoms with Gasteiger partial charge in [0.15, 0.2) is 22.9 Å². The van der Waals surface area contributed by atoms with Crippen LogP contribution in [0.5, 0.6) is 0 Å².